The van der Waals surface area contributed by atoms with Gasteiger partial charge < -0.3 is 19.1 Å². The Morgan fingerprint density at radius 2 is 2.35 bits per heavy atom. The third-order valence-electron chi connectivity index (χ3n) is 4.33. The molecule has 6 nitrogen and oxygen atoms in total. The van der Waals surface area contributed by atoms with Gasteiger partial charge in [-0.25, -0.2) is 4.98 Å². The molecular formula is C17H23N3O3. The molecule has 2 aromatic rings. The summed E-state index contributed by atoms with van der Waals surface area (Å²) in [7, 11) is 0. The van der Waals surface area contributed by atoms with E-state index in [9.17, 15) is 4.79 Å². The van der Waals surface area contributed by atoms with Crippen LogP contribution in [-0.2, 0) is 4.79 Å². The summed E-state index contributed by atoms with van der Waals surface area (Å²) in [5.74, 6) is 0.595. The first kappa shape index (κ1) is 15.8. The summed E-state index contributed by atoms with van der Waals surface area (Å²) in [6.45, 7) is 2.80. The van der Waals surface area contributed by atoms with Crippen LogP contribution in [0.4, 0.5) is 0 Å². The van der Waals surface area contributed by atoms with Gasteiger partial charge in [-0.15, -0.1) is 0 Å². The van der Waals surface area contributed by atoms with Crippen molar-refractivity contribution in [1.29, 1.82) is 0 Å². The number of aryl methyl sites for hydroxylation is 1. The minimum absolute atomic E-state index is 0.00745. The van der Waals surface area contributed by atoms with Gasteiger partial charge in [0.05, 0.1) is 5.69 Å². The van der Waals surface area contributed by atoms with E-state index in [-0.39, 0.29) is 25.2 Å². The highest BCUT2D eigenvalue weighted by molar-refractivity contribution is 5.78. The molecule has 1 saturated heterocycles. The van der Waals surface area contributed by atoms with Gasteiger partial charge in [-0.2, -0.15) is 0 Å². The SMILES string of the molecule is Cc1cn2cccc(OCC(=O)N3CCCCC3CCO)c2n1. The summed E-state index contributed by atoms with van der Waals surface area (Å²) in [5.41, 5.74) is 1.63. The van der Waals surface area contributed by atoms with Crippen LogP contribution < -0.4 is 4.74 Å². The molecular weight excluding hydrogens is 294 g/mol. The van der Waals surface area contributed by atoms with Gasteiger partial charge in [0.25, 0.3) is 5.91 Å². The van der Waals surface area contributed by atoms with Crippen LogP contribution in [0.25, 0.3) is 5.65 Å². The Hall–Kier alpha value is -2.08. The van der Waals surface area contributed by atoms with E-state index in [0.29, 0.717) is 12.2 Å². The third kappa shape index (κ3) is 3.47. The van der Waals surface area contributed by atoms with Crippen molar-refractivity contribution < 1.29 is 14.6 Å². The normalized spacial score (nSPS) is 18.3. The smallest absolute Gasteiger partial charge is 0.260 e. The van der Waals surface area contributed by atoms with Gasteiger partial charge in [-0.05, 0) is 44.7 Å². The number of aromatic nitrogens is 2. The number of carbonyl (C=O) groups excluding carboxylic acids is 1. The first-order valence-corrected chi connectivity index (χ1v) is 8.16. The summed E-state index contributed by atoms with van der Waals surface area (Å²) in [4.78, 5) is 18.8. The second-order valence-corrected chi connectivity index (χ2v) is 6.02. The average molecular weight is 317 g/mol. The summed E-state index contributed by atoms with van der Waals surface area (Å²) in [6, 6.07) is 3.84. The molecule has 0 bridgehead atoms. The molecule has 1 unspecified atom stereocenters. The van der Waals surface area contributed by atoms with Crippen molar-refractivity contribution in [3.8, 4) is 5.75 Å². The number of piperidine rings is 1. The monoisotopic (exact) mass is 317 g/mol. The number of aliphatic hydroxyl groups excluding tert-OH is 1. The number of ether oxygens (including phenoxy) is 1. The molecule has 23 heavy (non-hydrogen) atoms. The van der Waals surface area contributed by atoms with Gasteiger partial charge in [0.1, 0.15) is 0 Å². The number of amides is 1. The lowest BCUT2D eigenvalue weighted by atomic mass is 9.99. The van der Waals surface area contributed by atoms with Crippen molar-refractivity contribution in [2.24, 2.45) is 0 Å². The third-order valence-corrected chi connectivity index (χ3v) is 4.33. The molecule has 0 spiro atoms. The Balaban J connectivity index is 1.67. The number of carbonyl (C=O) groups is 1. The van der Waals surface area contributed by atoms with Crippen molar-refractivity contribution in [2.45, 2.75) is 38.6 Å². The minimum Gasteiger partial charge on any atom is -0.480 e. The fraction of sp³-hybridized carbons (Fsp3) is 0.529. The van der Waals surface area contributed by atoms with Crippen LogP contribution in [0.15, 0.2) is 24.5 Å². The van der Waals surface area contributed by atoms with Gasteiger partial charge in [-0.1, -0.05) is 0 Å². The molecule has 1 aliphatic rings. The molecule has 1 atom stereocenters. The number of rotatable bonds is 5. The van der Waals surface area contributed by atoms with E-state index >= 15 is 0 Å². The van der Waals surface area contributed by atoms with Gasteiger partial charge >= 0.3 is 0 Å². The van der Waals surface area contributed by atoms with Gasteiger partial charge in [0.15, 0.2) is 18.0 Å². The van der Waals surface area contributed by atoms with Crippen LogP contribution in [0.1, 0.15) is 31.4 Å². The highest BCUT2D eigenvalue weighted by Gasteiger charge is 2.26. The molecule has 0 aromatic carbocycles. The molecule has 3 rings (SSSR count). The Morgan fingerprint density at radius 1 is 1.48 bits per heavy atom. The van der Waals surface area contributed by atoms with E-state index in [2.05, 4.69) is 4.98 Å². The molecule has 1 amide bonds. The summed E-state index contributed by atoms with van der Waals surface area (Å²) in [6.07, 6.45) is 7.56. The molecule has 124 valence electrons. The second kappa shape index (κ2) is 7.00. The van der Waals surface area contributed by atoms with Crippen LogP contribution in [-0.4, -0.2) is 51.1 Å². The zero-order valence-corrected chi connectivity index (χ0v) is 13.4. The molecule has 0 aliphatic carbocycles. The molecule has 1 fully saturated rings. The molecule has 1 N–H and O–H groups in total. The molecule has 0 radical (unpaired) electrons. The Kier molecular flexibility index (Phi) is 4.81. The number of fused-ring (bicyclic) bond motifs is 1. The van der Waals surface area contributed by atoms with Crippen molar-refractivity contribution in [2.75, 3.05) is 19.8 Å². The second-order valence-electron chi connectivity index (χ2n) is 6.02. The largest absolute Gasteiger partial charge is 0.480 e. The topological polar surface area (TPSA) is 67.1 Å². The number of pyridine rings is 1. The van der Waals surface area contributed by atoms with Crippen LogP contribution in [0, 0.1) is 6.92 Å². The first-order chi connectivity index (χ1) is 11.2. The molecule has 6 heteroatoms. The quantitative estimate of drug-likeness (QED) is 0.913. The van der Waals surface area contributed by atoms with Crippen molar-refractivity contribution >= 4 is 11.6 Å². The highest BCUT2D eigenvalue weighted by atomic mass is 16.5. The average Bonchev–Trinajstić information content (AvgIpc) is 2.94. The zero-order chi connectivity index (χ0) is 16.2. The Labute approximate surface area is 135 Å². The van der Waals surface area contributed by atoms with Crippen LogP contribution in [0.3, 0.4) is 0 Å². The summed E-state index contributed by atoms with van der Waals surface area (Å²) < 4.78 is 7.63. The summed E-state index contributed by atoms with van der Waals surface area (Å²) >= 11 is 0. The number of nitrogens with zero attached hydrogens (tertiary/aromatic N) is 3. The molecule has 1 aliphatic heterocycles. The lowest BCUT2D eigenvalue weighted by Gasteiger charge is -2.35. The Morgan fingerprint density at radius 3 is 3.17 bits per heavy atom. The predicted octanol–water partition coefficient (Wildman–Crippen LogP) is 1.79. The van der Waals surface area contributed by atoms with Gasteiger partial charge in [0.2, 0.25) is 0 Å². The van der Waals surface area contributed by atoms with Crippen molar-refractivity contribution in [3.05, 3.63) is 30.2 Å². The van der Waals surface area contributed by atoms with Crippen LogP contribution in [0.5, 0.6) is 5.75 Å². The fourth-order valence-corrected chi connectivity index (χ4v) is 3.22. The lowest BCUT2D eigenvalue weighted by Crippen LogP contribution is -2.46. The van der Waals surface area contributed by atoms with E-state index in [1.165, 1.54) is 0 Å². The number of imidazole rings is 1. The number of hydrogen-bond donors (Lipinski definition) is 1. The number of hydrogen-bond acceptors (Lipinski definition) is 4. The first-order valence-electron chi connectivity index (χ1n) is 8.16. The standard InChI is InChI=1S/C17H23N3O3/c1-13-11-19-8-4-6-15(17(19)18-13)23-12-16(22)20-9-3-2-5-14(20)7-10-21/h4,6,8,11,14,21H,2-3,5,7,9-10,12H2,1H3. The lowest BCUT2D eigenvalue weighted by molar-refractivity contribution is -0.137. The number of likely N-dealkylation sites (tertiary alicyclic amines) is 1. The maximum atomic E-state index is 12.5. The van der Waals surface area contributed by atoms with E-state index in [0.717, 1.165) is 37.1 Å². The highest BCUT2D eigenvalue weighted by Crippen LogP contribution is 2.21. The molecule has 3 heterocycles. The maximum absolute atomic E-state index is 12.5. The number of aliphatic hydroxyl groups is 1. The van der Waals surface area contributed by atoms with E-state index < -0.39 is 0 Å². The van der Waals surface area contributed by atoms with E-state index in [1.54, 1.807) is 0 Å². The van der Waals surface area contributed by atoms with Crippen LogP contribution >= 0.6 is 0 Å². The van der Waals surface area contributed by atoms with Crippen molar-refractivity contribution in [1.82, 2.24) is 14.3 Å². The van der Waals surface area contributed by atoms with Gasteiger partial charge in [-0.3, -0.25) is 4.79 Å². The van der Waals surface area contributed by atoms with E-state index in [4.69, 9.17) is 9.84 Å². The van der Waals surface area contributed by atoms with Crippen molar-refractivity contribution in [3.63, 3.8) is 0 Å². The zero-order valence-electron chi connectivity index (χ0n) is 13.4. The fourth-order valence-electron chi connectivity index (χ4n) is 3.22. The molecule has 0 saturated carbocycles. The maximum Gasteiger partial charge on any atom is 0.260 e. The predicted molar refractivity (Wildman–Crippen MR) is 86.5 cm³/mol. The van der Waals surface area contributed by atoms with Crippen LogP contribution in [0.2, 0.25) is 0 Å². The van der Waals surface area contributed by atoms with E-state index in [1.807, 2.05) is 40.8 Å². The summed E-state index contributed by atoms with van der Waals surface area (Å²) in [5, 5.41) is 9.17. The van der Waals surface area contributed by atoms with Gasteiger partial charge in [0, 0.05) is 31.6 Å². The minimum atomic E-state index is -0.0200. The Bertz CT molecular complexity index is 681. The molecule has 2 aromatic heterocycles.